The lowest BCUT2D eigenvalue weighted by Gasteiger charge is -2.28. The molecule has 0 aromatic carbocycles. The van der Waals surface area contributed by atoms with Crippen molar-refractivity contribution in [2.45, 2.75) is 46.1 Å². The molecule has 17 heavy (non-hydrogen) atoms. The highest BCUT2D eigenvalue weighted by Crippen LogP contribution is 2.18. The van der Waals surface area contributed by atoms with E-state index in [1.807, 2.05) is 33.8 Å². The predicted octanol–water partition coefficient (Wildman–Crippen LogP) is 2.18. The summed E-state index contributed by atoms with van der Waals surface area (Å²) < 4.78 is 5.37. The first-order valence-corrected chi connectivity index (χ1v) is 5.92. The number of furan rings is 1. The van der Waals surface area contributed by atoms with Gasteiger partial charge in [-0.2, -0.15) is 0 Å². The number of aliphatic hydroxyl groups excluding tert-OH is 1. The maximum absolute atomic E-state index is 12.0. The van der Waals surface area contributed by atoms with E-state index in [-0.39, 0.29) is 18.1 Å². The van der Waals surface area contributed by atoms with E-state index in [1.54, 1.807) is 0 Å². The normalized spacial score (nSPS) is 14.4. The van der Waals surface area contributed by atoms with Crippen molar-refractivity contribution >= 4 is 5.91 Å². The van der Waals surface area contributed by atoms with Gasteiger partial charge in [0, 0.05) is 17.7 Å². The molecule has 0 aliphatic carbocycles. The fourth-order valence-electron chi connectivity index (χ4n) is 1.77. The van der Waals surface area contributed by atoms with Crippen molar-refractivity contribution in [2.75, 3.05) is 6.61 Å². The van der Waals surface area contributed by atoms with Gasteiger partial charge in [0.05, 0.1) is 0 Å². The molecule has 96 valence electrons. The molecule has 1 rings (SSSR count). The molecule has 0 saturated carbocycles. The van der Waals surface area contributed by atoms with E-state index in [9.17, 15) is 4.79 Å². The zero-order chi connectivity index (χ0) is 13.1. The topological polar surface area (TPSA) is 62.5 Å². The van der Waals surface area contributed by atoms with Gasteiger partial charge >= 0.3 is 0 Å². The molecule has 0 aliphatic heterocycles. The molecule has 0 fully saturated rings. The van der Waals surface area contributed by atoms with Gasteiger partial charge in [0.15, 0.2) is 5.76 Å². The minimum Gasteiger partial charge on any atom is -0.456 e. The minimum absolute atomic E-state index is 0.0563. The second kappa shape index (κ2) is 5.36. The molecule has 0 bridgehead atoms. The van der Waals surface area contributed by atoms with Crippen LogP contribution in [0.15, 0.2) is 10.5 Å². The molecule has 0 saturated heterocycles. The fraction of sp³-hybridized carbons (Fsp3) is 0.615. The number of amides is 1. The summed E-state index contributed by atoms with van der Waals surface area (Å²) in [7, 11) is 0. The Balaban J connectivity index is 2.81. The summed E-state index contributed by atoms with van der Waals surface area (Å²) in [5.74, 6) is 0.876. The molecule has 4 heteroatoms. The van der Waals surface area contributed by atoms with Gasteiger partial charge in [-0.15, -0.1) is 0 Å². The van der Waals surface area contributed by atoms with Crippen LogP contribution < -0.4 is 5.32 Å². The highest BCUT2D eigenvalue weighted by atomic mass is 16.3. The molecule has 1 atom stereocenters. The zero-order valence-corrected chi connectivity index (χ0v) is 11.0. The highest BCUT2D eigenvalue weighted by Gasteiger charge is 2.26. The minimum atomic E-state index is -0.390. The first-order valence-electron chi connectivity index (χ1n) is 5.92. The number of nitrogens with one attached hydrogen (secondary N) is 1. The Morgan fingerprint density at radius 3 is 2.59 bits per heavy atom. The van der Waals surface area contributed by atoms with Crippen LogP contribution in [0.5, 0.6) is 0 Å². The van der Waals surface area contributed by atoms with Gasteiger partial charge in [0.2, 0.25) is 0 Å². The molecule has 1 amide bonds. The maximum atomic E-state index is 12.0. The molecular formula is C13H21NO3. The maximum Gasteiger partial charge on any atom is 0.287 e. The molecule has 1 aromatic heterocycles. The Hall–Kier alpha value is -1.29. The summed E-state index contributed by atoms with van der Waals surface area (Å²) >= 11 is 0. The standard InChI is InChI=1S/C13H21NO3/c1-5-13(4,6-7-15)14-12(16)11-9(2)8-10(3)17-11/h8,15H,5-7H2,1-4H3,(H,14,16). The Kier molecular flexibility index (Phi) is 4.34. The summed E-state index contributed by atoms with van der Waals surface area (Å²) in [6, 6.07) is 1.84. The summed E-state index contributed by atoms with van der Waals surface area (Å²) in [5, 5.41) is 11.9. The number of hydrogen-bond donors (Lipinski definition) is 2. The van der Waals surface area contributed by atoms with Crippen LogP contribution in [-0.4, -0.2) is 23.2 Å². The van der Waals surface area contributed by atoms with Crippen LogP contribution in [0.4, 0.5) is 0 Å². The molecule has 1 unspecified atom stereocenters. The average molecular weight is 239 g/mol. The molecule has 0 aliphatic rings. The monoisotopic (exact) mass is 239 g/mol. The number of rotatable bonds is 5. The molecular weight excluding hydrogens is 218 g/mol. The van der Waals surface area contributed by atoms with E-state index in [2.05, 4.69) is 5.32 Å². The van der Waals surface area contributed by atoms with Crippen LogP contribution in [0.25, 0.3) is 0 Å². The van der Waals surface area contributed by atoms with E-state index in [1.165, 1.54) is 0 Å². The Labute approximate surface area is 102 Å². The molecule has 0 radical (unpaired) electrons. The van der Waals surface area contributed by atoms with E-state index in [0.29, 0.717) is 12.2 Å². The number of carbonyl (C=O) groups excluding carboxylic acids is 1. The van der Waals surface area contributed by atoms with Crippen molar-refractivity contribution in [1.82, 2.24) is 5.32 Å². The number of aryl methyl sites for hydroxylation is 2. The highest BCUT2D eigenvalue weighted by molar-refractivity contribution is 5.93. The molecule has 2 N–H and O–H groups in total. The Morgan fingerprint density at radius 1 is 1.53 bits per heavy atom. The molecule has 4 nitrogen and oxygen atoms in total. The van der Waals surface area contributed by atoms with Crippen LogP contribution in [0.3, 0.4) is 0 Å². The van der Waals surface area contributed by atoms with Crippen LogP contribution >= 0.6 is 0 Å². The third-order valence-electron chi connectivity index (χ3n) is 3.11. The lowest BCUT2D eigenvalue weighted by Crippen LogP contribution is -2.46. The summed E-state index contributed by atoms with van der Waals surface area (Å²) in [5.41, 5.74) is 0.446. The second-order valence-electron chi connectivity index (χ2n) is 4.71. The third kappa shape index (κ3) is 3.33. The van der Waals surface area contributed by atoms with E-state index in [0.717, 1.165) is 17.7 Å². The largest absolute Gasteiger partial charge is 0.456 e. The van der Waals surface area contributed by atoms with Gasteiger partial charge in [-0.05, 0) is 39.7 Å². The third-order valence-corrected chi connectivity index (χ3v) is 3.11. The summed E-state index contributed by atoms with van der Waals surface area (Å²) in [4.78, 5) is 12.0. The first kappa shape index (κ1) is 13.8. The average Bonchev–Trinajstić information content (AvgIpc) is 2.58. The lowest BCUT2D eigenvalue weighted by molar-refractivity contribution is 0.0855. The Bertz CT molecular complexity index is 397. The first-order chi connectivity index (χ1) is 7.91. The van der Waals surface area contributed by atoms with Crippen molar-refractivity contribution in [3.63, 3.8) is 0 Å². The van der Waals surface area contributed by atoms with E-state index < -0.39 is 0 Å². The fourth-order valence-corrected chi connectivity index (χ4v) is 1.77. The smallest absolute Gasteiger partial charge is 0.287 e. The molecule has 0 spiro atoms. The van der Waals surface area contributed by atoms with Gasteiger partial charge in [0.25, 0.3) is 5.91 Å². The van der Waals surface area contributed by atoms with Gasteiger partial charge in [-0.25, -0.2) is 0 Å². The summed E-state index contributed by atoms with van der Waals surface area (Å²) in [6.45, 7) is 7.63. The molecule has 1 aromatic rings. The van der Waals surface area contributed by atoms with Crippen LogP contribution in [-0.2, 0) is 0 Å². The van der Waals surface area contributed by atoms with Gasteiger partial charge < -0.3 is 14.8 Å². The van der Waals surface area contributed by atoms with Crippen LogP contribution in [0.1, 0.15) is 48.6 Å². The SMILES string of the molecule is CCC(C)(CCO)NC(=O)c1oc(C)cc1C. The van der Waals surface area contributed by atoms with E-state index in [4.69, 9.17) is 9.52 Å². The number of hydrogen-bond acceptors (Lipinski definition) is 3. The predicted molar refractivity (Wildman–Crippen MR) is 66.0 cm³/mol. The molecule has 1 heterocycles. The number of aliphatic hydroxyl groups is 1. The van der Waals surface area contributed by atoms with Crippen molar-refractivity contribution in [2.24, 2.45) is 0 Å². The quantitative estimate of drug-likeness (QED) is 0.827. The van der Waals surface area contributed by atoms with Crippen molar-refractivity contribution in [3.05, 3.63) is 23.2 Å². The summed E-state index contributed by atoms with van der Waals surface area (Å²) in [6.07, 6.45) is 1.30. The zero-order valence-electron chi connectivity index (χ0n) is 11.0. The van der Waals surface area contributed by atoms with E-state index >= 15 is 0 Å². The lowest BCUT2D eigenvalue weighted by atomic mass is 9.94. The van der Waals surface area contributed by atoms with Crippen molar-refractivity contribution in [3.8, 4) is 0 Å². The van der Waals surface area contributed by atoms with Gasteiger partial charge in [0.1, 0.15) is 5.76 Å². The van der Waals surface area contributed by atoms with Crippen LogP contribution in [0, 0.1) is 13.8 Å². The Morgan fingerprint density at radius 2 is 2.18 bits per heavy atom. The second-order valence-corrected chi connectivity index (χ2v) is 4.71. The van der Waals surface area contributed by atoms with Crippen LogP contribution in [0.2, 0.25) is 0 Å². The van der Waals surface area contributed by atoms with Crippen molar-refractivity contribution in [1.29, 1.82) is 0 Å². The number of carbonyl (C=O) groups is 1. The van der Waals surface area contributed by atoms with Gasteiger partial charge in [-0.3, -0.25) is 4.79 Å². The van der Waals surface area contributed by atoms with Crippen molar-refractivity contribution < 1.29 is 14.3 Å². The van der Waals surface area contributed by atoms with Gasteiger partial charge in [-0.1, -0.05) is 6.92 Å².